The van der Waals surface area contributed by atoms with E-state index in [-0.39, 0.29) is 5.75 Å². The lowest BCUT2D eigenvalue weighted by molar-refractivity contribution is 0.112. The largest absolute Gasteiger partial charge is 0.507 e. The maximum Gasteiger partial charge on any atom is 0.153 e. The second kappa shape index (κ2) is 8.73. The summed E-state index contributed by atoms with van der Waals surface area (Å²) in [6, 6.07) is 3.80. The van der Waals surface area contributed by atoms with Crippen molar-refractivity contribution in [2.45, 2.75) is 65.2 Å². The zero-order chi connectivity index (χ0) is 14.1. The Labute approximate surface area is 116 Å². The van der Waals surface area contributed by atoms with Crippen LogP contribution in [0.15, 0.2) is 12.1 Å². The molecule has 19 heavy (non-hydrogen) atoms. The molecule has 0 aromatic heterocycles. The van der Waals surface area contributed by atoms with E-state index in [2.05, 4.69) is 6.92 Å². The Balaban J connectivity index is 2.33. The van der Waals surface area contributed by atoms with Gasteiger partial charge in [0.1, 0.15) is 5.75 Å². The van der Waals surface area contributed by atoms with Crippen molar-refractivity contribution in [2.24, 2.45) is 0 Å². The smallest absolute Gasteiger partial charge is 0.153 e. The Morgan fingerprint density at radius 1 is 1.05 bits per heavy atom. The van der Waals surface area contributed by atoms with Crippen LogP contribution in [-0.2, 0) is 6.42 Å². The molecule has 1 rings (SSSR count). The van der Waals surface area contributed by atoms with Crippen LogP contribution in [0.1, 0.15) is 73.4 Å². The molecule has 0 fully saturated rings. The second-order valence-corrected chi connectivity index (χ2v) is 5.34. The molecule has 0 saturated carbocycles. The van der Waals surface area contributed by atoms with Gasteiger partial charge in [0.15, 0.2) is 6.29 Å². The van der Waals surface area contributed by atoms with E-state index in [1.165, 1.54) is 38.5 Å². The van der Waals surface area contributed by atoms with Gasteiger partial charge in [0.05, 0.1) is 5.56 Å². The van der Waals surface area contributed by atoms with Crippen LogP contribution in [0.25, 0.3) is 0 Å². The summed E-state index contributed by atoms with van der Waals surface area (Å²) < 4.78 is 0. The van der Waals surface area contributed by atoms with E-state index >= 15 is 0 Å². The molecule has 106 valence electrons. The highest BCUT2D eigenvalue weighted by atomic mass is 16.3. The Kier molecular flexibility index (Phi) is 7.24. The second-order valence-electron chi connectivity index (χ2n) is 5.34. The van der Waals surface area contributed by atoms with Crippen molar-refractivity contribution in [1.82, 2.24) is 0 Å². The van der Waals surface area contributed by atoms with Gasteiger partial charge in [0.25, 0.3) is 0 Å². The molecule has 1 aromatic carbocycles. The topological polar surface area (TPSA) is 37.3 Å². The highest BCUT2D eigenvalue weighted by Gasteiger charge is 2.06. The summed E-state index contributed by atoms with van der Waals surface area (Å²) >= 11 is 0. The summed E-state index contributed by atoms with van der Waals surface area (Å²) in [6.45, 7) is 4.08. The third-order valence-electron chi connectivity index (χ3n) is 3.59. The molecular weight excluding hydrogens is 236 g/mol. The minimum absolute atomic E-state index is 0.123. The van der Waals surface area contributed by atoms with Crippen molar-refractivity contribution < 1.29 is 9.90 Å². The van der Waals surface area contributed by atoms with Gasteiger partial charge in [0, 0.05) is 0 Å². The average molecular weight is 262 g/mol. The number of aryl methyl sites for hydroxylation is 2. The quantitative estimate of drug-likeness (QED) is 0.512. The predicted molar refractivity (Wildman–Crippen MR) is 79.9 cm³/mol. The molecule has 0 unspecified atom stereocenters. The molecular formula is C17H26O2. The van der Waals surface area contributed by atoms with Crippen LogP contribution in [0, 0.1) is 6.92 Å². The molecule has 0 aliphatic heterocycles. The van der Waals surface area contributed by atoms with Gasteiger partial charge in [-0.3, -0.25) is 4.79 Å². The van der Waals surface area contributed by atoms with Gasteiger partial charge in [-0.15, -0.1) is 0 Å². The zero-order valence-electron chi connectivity index (χ0n) is 12.2. The number of unbranched alkanes of at least 4 members (excludes halogenated alkanes) is 6. The number of hydrogen-bond donors (Lipinski definition) is 1. The normalized spacial score (nSPS) is 10.6. The molecule has 0 radical (unpaired) electrons. The van der Waals surface area contributed by atoms with E-state index < -0.39 is 0 Å². The maximum atomic E-state index is 10.8. The van der Waals surface area contributed by atoms with Gasteiger partial charge in [-0.05, 0) is 37.0 Å². The molecule has 0 aliphatic rings. The molecule has 2 nitrogen and oxygen atoms in total. The summed E-state index contributed by atoms with van der Waals surface area (Å²) in [7, 11) is 0. The minimum atomic E-state index is 0.123. The Bertz CT molecular complexity index is 396. The number of carbonyl (C=O) groups excluding carboxylic acids is 1. The third kappa shape index (κ3) is 5.46. The first-order valence-electron chi connectivity index (χ1n) is 7.46. The van der Waals surface area contributed by atoms with E-state index in [0.717, 1.165) is 30.3 Å². The summed E-state index contributed by atoms with van der Waals surface area (Å²) in [4.78, 5) is 10.8. The first kappa shape index (κ1) is 15.7. The zero-order valence-corrected chi connectivity index (χ0v) is 12.2. The Morgan fingerprint density at radius 3 is 2.32 bits per heavy atom. The van der Waals surface area contributed by atoms with E-state index in [0.29, 0.717) is 5.56 Å². The molecule has 0 aliphatic carbocycles. The highest BCUT2D eigenvalue weighted by Crippen LogP contribution is 2.23. The van der Waals surface area contributed by atoms with Crippen LogP contribution in [0.4, 0.5) is 0 Å². The Morgan fingerprint density at radius 2 is 1.68 bits per heavy atom. The van der Waals surface area contributed by atoms with E-state index in [1.807, 2.05) is 19.1 Å². The molecule has 0 spiro atoms. The number of carbonyl (C=O) groups is 1. The van der Waals surface area contributed by atoms with Crippen LogP contribution in [0.5, 0.6) is 5.75 Å². The fourth-order valence-corrected chi connectivity index (χ4v) is 2.40. The molecule has 0 bridgehead atoms. The number of rotatable bonds is 9. The number of hydrogen-bond acceptors (Lipinski definition) is 2. The van der Waals surface area contributed by atoms with Gasteiger partial charge in [-0.1, -0.05) is 51.5 Å². The number of aldehydes is 1. The molecule has 0 atom stereocenters. The van der Waals surface area contributed by atoms with Crippen LogP contribution in [-0.4, -0.2) is 11.4 Å². The number of benzene rings is 1. The van der Waals surface area contributed by atoms with E-state index in [1.54, 1.807) is 0 Å². The van der Waals surface area contributed by atoms with Crippen molar-refractivity contribution in [3.63, 3.8) is 0 Å². The standard InChI is InChI=1S/C17H26O2/c1-3-4-5-6-7-8-9-10-15-11-14(2)17(19)16(12-15)13-18/h11-13,19H,3-10H2,1-2H3. The van der Waals surface area contributed by atoms with Crippen molar-refractivity contribution in [3.05, 3.63) is 28.8 Å². The number of phenols is 1. The highest BCUT2D eigenvalue weighted by molar-refractivity contribution is 5.80. The Hall–Kier alpha value is -1.31. The summed E-state index contributed by atoms with van der Waals surface area (Å²) in [6.07, 6.45) is 10.8. The molecule has 0 amide bonds. The molecule has 1 N–H and O–H groups in total. The van der Waals surface area contributed by atoms with Gasteiger partial charge in [0.2, 0.25) is 0 Å². The first-order chi connectivity index (χ1) is 9.19. The molecule has 0 heterocycles. The SMILES string of the molecule is CCCCCCCCCc1cc(C)c(O)c(C=O)c1. The molecule has 1 aromatic rings. The lowest BCUT2D eigenvalue weighted by Gasteiger charge is -2.07. The lowest BCUT2D eigenvalue weighted by atomic mass is 10.00. The first-order valence-corrected chi connectivity index (χ1v) is 7.46. The molecule has 0 saturated heterocycles. The van der Waals surface area contributed by atoms with Gasteiger partial charge in [-0.25, -0.2) is 0 Å². The average Bonchev–Trinajstić information content (AvgIpc) is 2.41. The number of aromatic hydroxyl groups is 1. The monoisotopic (exact) mass is 262 g/mol. The fraction of sp³-hybridized carbons (Fsp3) is 0.588. The van der Waals surface area contributed by atoms with Crippen LogP contribution in [0.3, 0.4) is 0 Å². The van der Waals surface area contributed by atoms with Crippen molar-refractivity contribution >= 4 is 6.29 Å². The third-order valence-corrected chi connectivity index (χ3v) is 3.59. The lowest BCUT2D eigenvalue weighted by Crippen LogP contribution is -1.92. The fourth-order valence-electron chi connectivity index (χ4n) is 2.40. The van der Waals surface area contributed by atoms with Crippen molar-refractivity contribution in [1.29, 1.82) is 0 Å². The predicted octanol–water partition coefficient (Wildman–Crippen LogP) is 4.81. The van der Waals surface area contributed by atoms with E-state index in [9.17, 15) is 9.90 Å². The van der Waals surface area contributed by atoms with E-state index in [4.69, 9.17) is 0 Å². The van der Waals surface area contributed by atoms with Crippen LogP contribution < -0.4 is 0 Å². The van der Waals surface area contributed by atoms with Crippen LogP contribution in [0.2, 0.25) is 0 Å². The van der Waals surface area contributed by atoms with Crippen LogP contribution >= 0.6 is 0 Å². The van der Waals surface area contributed by atoms with Gasteiger partial charge in [-0.2, -0.15) is 0 Å². The van der Waals surface area contributed by atoms with Crippen molar-refractivity contribution in [3.8, 4) is 5.75 Å². The minimum Gasteiger partial charge on any atom is -0.507 e. The summed E-state index contributed by atoms with van der Waals surface area (Å²) in [5.74, 6) is 0.123. The summed E-state index contributed by atoms with van der Waals surface area (Å²) in [5, 5.41) is 9.68. The maximum absolute atomic E-state index is 10.8. The summed E-state index contributed by atoms with van der Waals surface area (Å²) in [5.41, 5.74) is 2.37. The van der Waals surface area contributed by atoms with Gasteiger partial charge < -0.3 is 5.11 Å². The van der Waals surface area contributed by atoms with Gasteiger partial charge >= 0.3 is 0 Å². The number of phenolic OH excluding ortho intramolecular Hbond substituents is 1. The molecule has 2 heteroatoms. The van der Waals surface area contributed by atoms with Crippen molar-refractivity contribution in [2.75, 3.05) is 0 Å².